The predicted molar refractivity (Wildman–Crippen MR) is 134 cm³/mol. The smallest absolute Gasteiger partial charge is 0.259 e. The summed E-state index contributed by atoms with van der Waals surface area (Å²) in [4.78, 5) is 13.1. The molecule has 35 heavy (non-hydrogen) atoms. The van der Waals surface area contributed by atoms with E-state index in [-0.39, 0.29) is 22.0 Å². The Morgan fingerprint density at radius 3 is 2.43 bits per heavy atom. The first-order valence-electron chi connectivity index (χ1n) is 11.5. The third-order valence-electron chi connectivity index (χ3n) is 6.13. The summed E-state index contributed by atoms with van der Waals surface area (Å²) >= 11 is 6.31. The molecule has 0 saturated carbocycles. The van der Waals surface area contributed by atoms with Crippen molar-refractivity contribution in [1.29, 1.82) is 0 Å². The van der Waals surface area contributed by atoms with Crippen LogP contribution in [-0.4, -0.2) is 31.7 Å². The molecule has 0 aliphatic carbocycles. The number of hydrogen-bond acceptors (Lipinski definition) is 5. The Morgan fingerprint density at radius 1 is 0.943 bits per heavy atom. The van der Waals surface area contributed by atoms with Crippen molar-refractivity contribution in [2.45, 2.75) is 37.5 Å². The number of hydrogen-bond donors (Lipinski definition) is 1. The minimum atomic E-state index is -3.96. The van der Waals surface area contributed by atoms with Crippen molar-refractivity contribution in [2.75, 3.05) is 18.4 Å². The van der Waals surface area contributed by atoms with Gasteiger partial charge < -0.3 is 14.8 Å². The van der Waals surface area contributed by atoms with Crippen LogP contribution in [0.1, 0.15) is 41.6 Å². The highest BCUT2D eigenvalue weighted by atomic mass is 35.5. The standard InChI is InChI=1S/C26H25ClN2O5S/c1-17-10-11-22-20(14-17)28-26(30)18-15-25(35(31,32)29-12-6-2-3-7-13-29)24(16-23(18)34-22)33-21-9-5-4-8-19(21)27/h4-5,8-11,14-16H,2-3,6-7,12-13H2,1H3,(H,28,30). The number of halogens is 1. The number of para-hydroxylation sites is 1. The maximum absolute atomic E-state index is 13.8. The van der Waals surface area contributed by atoms with Crippen LogP contribution in [0.4, 0.5) is 5.69 Å². The summed E-state index contributed by atoms with van der Waals surface area (Å²) in [6.45, 7) is 2.74. The Hall–Kier alpha value is -3.07. The molecule has 0 atom stereocenters. The molecule has 5 rings (SSSR count). The molecule has 1 amide bonds. The van der Waals surface area contributed by atoms with Crippen molar-refractivity contribution in [1.82, 2.24) is 4.31 Å². The van der Waals surface area contributed by atoms with E-state index in [4.69, 9.17) is 21.1 Å². The number of rotatable bonds is 4. The summed E-state index contributed by atoms with van der Waals surface area (Å²) in [6.07, 6.45) is 3.52. The number of aryl methyl sites for hydroxylation is 1. The predicted octanol–water partition coefficient (Wildman–Crippen LogP) is 6.36. The number of anilines is 1. The molecule has 0 unspecified atom stereocenters. The van der Waals surface area contributed by atoms with Gasteiger partial charge in [0.25, 0.3) is 5.91 Å². The zero-order valence-corrected chi connectivity index (χ0v) is 20.8. The fourth-order valence-electron chi connectivity index (χ4n) is 4.29. The minimum absolute atomic E-state index is 0.0458. The maximum Gasteiger partial charge on any atom is 0.259 e. The summed E-state index contributed by atoms with van der Waals surface area (Å²) in [7, 11) is -3.96. The number of fused-ring (bicyclic) bond motifs is 2. The number of amides is 1. The SMILES string of the molecule is Cc1ccc2c(c1)NC(=O)c1cc(S(=O)(=O)N3CCCCCC3)c(Oc3ccccc3Cl)cc1O2. The van der Waals surface area contributed by atoms with Crippen molar-refractivity contribution < 1.29 is 22.7 Å². The molecule has 7 nitrogen and oxygen atoms in total. The van der Waals surface area contributed by atoms with E-state index >= 15 is 0 Å². The number of carbonyl (C=O) groups excluding carboxylic acids is 1. The topological polar surface area (TPSA) is 84.9 Å². The van der Waals surface area contributed by atoms with Crippen LogP contribution in [0.15, 0.2) is 59.5 Å². The Balaban J connectivity index is 1.66. The lowest BCUT2D eigenvalue weighted by Gasteiger charge is -2.23. The number of nitrogens with one attached hydrogen (secondary N) is 1. The van der Waals surface area contributed by atoms with E-state index in [1.165, 1.54) is 16.4 Å². The molecular weight excluding hydrogens is 488 g/mol. The number of carbonyl (C=O) groups is 1. The van der Waals surface area contributed by atoms with Crippen molar-refractivity contribution in [3.05, 3.63) is 70.7 Å². The first-order valence-corrected chi connectivity index (χ1v) is 13.4. The van der Waals surface area contributed by atoms with Crippen LogP contribution in [0.3, 0.4) is 0 Å². The monoisotopic (exact) mass is 512 g/mol. The average Bonchev–Trinajstić information content (AvgIpc) is 3.18. The highest BCUT2D eigenvalue weighted by Gasteiger charge is 2.33. The molecule has 182 valence electrons. The first kappa shape index (κ1) is 23.7. The number of ether oxygens (including phenoxy) is 2. The van der Waals surface area contributed by atoms with E-state index in [0.29, 0.717) is 35.3 Å². The van der Waals surface area contributed by atoms with Gasteiger partial charge in [-0.3, -0.25) is 4.79 Å². The molecule has 0 radical (unpaired) electrons. The lowest BCUT2D eigenvalue weighted by Crippen LogP contribution is -2.32. The van der Waals surface area contributed by atoms with Gasteiger partial charge in [0.1, 0.15) is 16.4 Å². The molecule has 2 aliphatic rings. The minimum Gasteiger partial charge on any atom is -0.454 e. The molecule has 9 heteroatoms. The van der Waals surface area contributed by atoms with E-state index in [1.807, 2.05) is 13.0 Å². The van der Waals surface area contributed by atoms with Gasteiger partial charge in [0.05, 0.1) is 16.3 Å². The Morgan fingerprint density at radius 2 is 1.69 bits per heavy atom. The van der Waals surface area contributed by atoms with Gasteiger partial charge in [0.2, 0.25) is 10.0 Å². The van der Waals surface area contributed by atoms with Crippen molar-refractivity contribution in [3.63, 3.8) is 0 Å². The fourth-order valence-corrected chi connectivity index (χ4v) is 6.10. The van der Waals surface area contributed by atoms with Crippen LogP contribution in [0, 0.1) is 6.92 Å². The van der Waals surface area contributed by atoms with E-state index in [9.17, 15) is 13.2 Å². The molecule has 2 aliphatic heterocycles. The second kappa shape index (κ2) is 9.53. The molecule has 0 spiro atoms. The van der Waals surface area contributed by atoms with Gasteiger partial charge in [0.15, 0.2) is 11.5 Å². The fraction of sp³-hybridized carbons (Fsp3) is 0.269. The summed E-state index contributed by atoms with van der Waals surface area (Å²) in [5.41, 5.74) is 1.57. The lowest BCUT2D eigenvalue weighted by molar-refractivity contribution is 0.102. The number of sulfonamides is 1. The number of nitrogens with zero attached hydrogens (tertiary/aromatic N) is 1. The third kappa shape index (κ3) is 4.74. The molecule has 3 aromatic rings. The van der Waals surface area contributed by atoms with Gasteiger partial charge in [-0.2, -0.15) is 4.31 Å². The lowest BCUT2D eigenvalue weighted by atomic mass is 10.1. The normalized spacial score (nSPS) is 16.2. The first-order chi connectivity index (χ1) is 16.8. The molecule has 0 bridgehead atoms. The highest BCUT2D eigenvalue weighted by Crippen LogP contribution is 2.43. The quantitative estimate of drug-likeness (QED) is 0.439. The van der Waals surface area contributed by atoms with Crippen LogP contribution in [0.25, 0.3) is 0 Å². The van der Waals surface area contributed by atoms with Crippen LogP contribution in [-0.2, 0) is 10.0 Å². The summed E-state index contributed by atoms with van der Waals surface area (Å²) in [5, 5.41) is 3.16. The maximum atomic E-state index is 13.8. The second-order valence-corrected chi connectivity index (χ2v) is 11.0. The molecule has 1 saturated heterocycles. The van der Waals surface area contributed by atoms with Gasteiger partial charge in [0, 0.05) is 19.2 Å². The van der Waals surface area contributed by atoms with E-state index in [0.717, 1.165) is 31.2 Å². The molecule has 1 fully saturated rings. The molecule has 0 aromatic heterocycles. The van der Waals surface area contributed by atoms with Crippen molar-refractivity contribution >= 4 is 33.2 Å². The van der Waals surface area contributed by atoms with E-state index in [1.54, 1.807) is 36.4 Å². The average molecular weight is 513 g/mol. The van der Waals surface area contributed by atoms with E-state index in [2.05, 4.69) is 5.32 Å². The van der Waals surface area contributed by atoms with Crippen molar-refractivity contribution in [3.8, 4) is 23.0 Å². The Kier molecular flexibility index (Phi) is 6.44. The largest absolute Gasteiger partial charge is 0.454 e. The van der Waals surface area contributed by atoms with Gasteiger partial charge in [-0.1, -0.05) is 42.6 Å². The summed E-state index contributed by atoms with van der Waals surface area (Å²) < 4.78 is 41.2. The highest BCUT2D eigenvalue weighted by molar-refractivity contribution is 7.89. The van der Waals surface area contributed by atoms with Crippen LogP contribution in [0.5, 0.6) is 23.0 Å². The zero-order valence-electron chi connectivity index (χ0n) is 19.2. The zero-order chi connectivity index (χ0) is 24.6. The molecule has 3 aromatic carbocycles. The molecular formula is C26H25ClN2O5S. The van der Waals surface area contributed by atoms with Gasteiger partial charge in [-0.05, 0) is 55.7 Å². The second-order valence-electron chi connectivity index (χ2n) is 8.70. The van der Waals surface area contributed by atoms with Crippen LogP contribution >= 0.6 is 11.6 Å². The van der Waals surface area contributed by atoms with Gasteiger partial charge in [-0.15, -0.1) is 0 Å². The number of benzene rings is 3. The van der Waals surface area contributed by atoms with Crippen LogP contribution < -0.4 is 14.8 Å². The Bertz CT molecular complexity index is 1400. The molecule has 2 heterocycles. The van der Waals surface area contributed by atoms with Gasteiger partial charge in [-0.25, -0.2) is 8.42 Å². The van der Waals surface area contributed by atoms with Gasteiger partial charge >= 0.3 is 0 Å². The van der Waals surface area contributed by atoms with E-state index < -0.39 is 15.9 Å². The van der Waals surface area contributed by atoms with Crippen molar-refractivity contribution in [2.24, 2.45) is 0 Å². The van der Waals surface area contributed by atoms with Crippen LogP contribution in [0.2, 0.25) is 5.02 Å². The third-order valence-corrected chi connectivity index (χ3v) is 8.37. The summed E-state index contributed by atoms with van der Waals surface area (Å²) in [5.74, 6) is 0.539. The molecule has 1 N–H and O–H groups in total. The Labute approximate surface area is 209 Å². The summed E-state index contributed by atoms with van der Waals surface area (Å²) in [6, 6.07) is 15.0.